The summed E-state index contributed by atoms with van der Waals surface area (Å²) < 4.78 is 1.78. The van der Waals surface area contributed by atoms with Gasteiger partial charge in [-0.15, -0.1) is 11.3 Å². The molecule has 7 heteroatoms. The van der Waals surface area contributed by atoms with Crippen LogP contribution < -0.4 is 5.73 Å². The van der Waals surface area contributed by atoms with Gasteiger partial charge in [-0.2, -0.15) is 14.9 Å². The van der Waals surface area contributed by atoms with Crippen molar-refractivity contribution in [2.45, 2.75) is 18.8 Å². The first-order valence-electron chi connectivity index (χ1n) is 5.47. The first kappa shape index (κ1) is 9.17. The SMILES string of the molecule is Nc1[nH]nc2c1c(C1CC1)nn2-c1nccs1. The maximum atomic E-state index is 5.92. The van der Waals surface area contributed by atoms with Crippen LogP contribution >= 0.6 is 11.3 Å². The molecule has 17 heavy (non-hydrogen) atoms. The number of hydrogen-bond acceptors (Lipinski definition) is 5. The predicted octanol–water partition coefficient (Wildman–Crippen LogP) is 1.66. The molecule has 86 valence electrons. The molecule has 1 saturated carbocycles. The third-order valence-electron chi connectivity index (χ3n) is 3.00. The van der Waals surface area contributed by atoms with Crippen LogP contribution in [0, 0.1) is 0 Å². The summed E-state index contributed by atoms with van der Waals surface area (Å²) in [5, 5.41) is 15.4. The molecule has 0 aromatic carbocycles. The Balaban J connectivity index is 2.04. The molecule has 0 spiro atoms. The summed E-state index contributed by atoms with van der Waals surface area (Å²) in [5.74, 6) is 1.14. The van der Waals surface area contributed by atoms with Gasteiger partial charge in [-0.05, 0) is 12.8 Å². The van der Waals surface area contributed by atoms with Crippen molar-refractivity contribution in [2.24, 2.45) is 0 Å². The van der Waals surface area contributed by atoms with Crippen molar-refractivity contribution in [1.82, 2.24) is 25.0 Å². The van der Waals surface area contributed by atoms with Crippen molar-refractivity contribution in [2.75, 3.05) is 5.73 Å². The van der Waals surface area contributed by atoms with Crippen molar-refractivity contribution in [3.05, 3.63) is 17.3 Å². The van der Waals surface area contributed by atoms with Crippen LogP contribution in [0.25, 0.3) is 16.2 Å². The molecule has 0 unspecified atom stereocenters. The molecule has 1 aliphatic rings. The lowest BCUT2D eigenvalue weighted by Crippen LogP contribution is -1.97. The number of nitrogen functional groups attached to an aromatic ring is 1. The molecule has 0 saturated heterocycles. The van der Waals surface area contributed by atoms with Crippen molar-refractivity contribution >= 4 is 28.2 Å². The zero-order valence-corrected chi connectivity index (χ0v) is 9.74. The number of aromatic amines is 1. The summed E-state index contributed by atoms with van der Waals surface area (Å²) in [6, 6.07) is 0. The third-order valence-corrected chi connectivity index (χ3v) is 3.75. The number of nitrogens with two attached hydrogens (primary N) is 1. The van der Waals surface area contributed by atoms with E-state index in [0.717, 1.165) is 21.9 Å². The largest absolute Gasteiger partial charge is 0.383 e. The molecular formula is C10H10N6S. The van der Waals surface area contributed by atoms with E-state index in [1.165, 1.54) is 12.8 Å². The third kappa shape index (κ3) is 1.22. The van der Waals surface area contributed by atoms with Crippen LogP contribution in [0.5, 0.6) is 0 Å². The van der Waals surface area contributed by atoms with E-state index in [4.69, 9.17) is 5.73 Å². The number of rotatable bonds is 2. The first-order chi connectivity index (χ1) is 8.34. The maximum absolute atomic E-state index is 5.92. The van der Waals surface area contributed by atoms with E-state index < -0.39 is 0 Å². The van der Waals surface area contributed by atoms with E-state index in [1.807, 2.05) is 5.38 Å². The van der Waals surface area contributed by atoms with Gasteiger partial charge < -0.3 is 5.73 Å². The summed E-state index contributed by atoms with van der Waals surface area (Å²) >= 11 is 1.54. The van der Waals surface area contributed by atoms with Crippen LogP contribution in [0.15, 0.2) is 11.6 Å². The second kappa shape index (κ2) is 3.07. The van der Waals surface area contributed by atoms with Crippen molar-refractivity contribution in [3.63, 3.8) is 0 Å². The predicted molar refractivity (Wildman–Crippen MR) is 65.3 cm³/mol. The van der Waals surface area contributed by atoms with Gasteiger partial charge in [0.2, 0.25) is 5.13 Å². The molecule has 0 atom stereocenters. The Morgan fingerprint density at radius 1 is 1.47 bits per heavy atom. The molecule has 3 heterocycles. The molecule has 1 fully saturated rings. The lowest BCUT2D eigenvalue weighted by atomic mass is 10.2. The smallest absolute Gasteiger partial charge is 0.212 e. The number of nitrogens with one attached hydrogen (secondary N) is 1. The number of hydrogen-bond donors (Lipinski definition) is 2. The molecule has 6 nitrogen and oxygen atoms in total. The fourth-order valence-electron chi connectivity index (χ4n) is 2.05. The summed E-state index contributed by atoms with van der Waals surface area (Å²) in [7, 11) is 0. The van der Waals surface area contributed by atoms with Crippen LogP contribution in [0.1, 0.15) is 24.5 Å². The van der Waals surface area contributed by atoms with Gasteiger partial charge in [0, 0.05) is 17.5 Å². The van der Waals surface area contributed by atoms with Gasteiger partial charge >= 0.3 is 0 Å². The highest BCUT2D eigenvalue weighted by molar-refractivity contribution is 7.12. The van der Waals surface area contributed by atoms with E-state index in [2.05, 4.69) is 20.3 Å². The topological polar surface area (TPSA) is 85.4 Å². The zero-order valence-electron chi connectivity index (χ0n) is 8.92. The summed E-state index contributed by atoms with van der Waals surface area (Å²) in [4.78, 5) is 4.26. The first-order valence-corrected chi connectivity index (χ1v) is 6.35. The number of thiazole rings is 1. The van der Waals surface area contributed by atoms with Gasteiger partial charge in [0.1, 0.15) is 5.82 Å². The van der Waals surface area contributed by atoms with E-state index in [0.29, 0.717) is 11.7 Å². The highest BCUT2D eigenvalue weighted by Crippen LogP contribution is 2.43. The fraction of sp³-hybridized carbons (Fsp3) is 0.300. The average molecular weight is 246 g/mol. The normalized spacial score (nSPS) is 15.8. The van der Waals surface area contributed by atoms with Crippen molar-refractivity contribution < 1.29 is 0 Å². The van der Waals surface area contributed by atoms with Gasteiger partial charge in [0.05, 0.1) is 11.1 Å². The van der Waals surface area contributed by atoms with E-state index in [9.17, 15) is 0 Å². The highest BCUT2D eigenvalue weighted by Gasteiger charge is 2.31. The maximum Gasteiger partial charge on any atom is 0.212 e. The Hall–Kier alpha value is -1.89. The van der Waals surface area contributed by atoms with Crippen LogP contribution in [-0.2, 0) is 0 Å². The molecule has 3 N–H and O–H groups in total. The minimum Gasteiger partial charge on any atom is -0.383 e. The van der Waals surface area contributed by atoms with Crippen LogP contribution in [0.2, 0.25) is 0 Å². The fourth-order valence-corrected chi connectivity index (χ4v) is 2.65. The monoisotopic (exact) mass is 246 g/mol. The van der Waals surface area contributed by atoms with Gasteiger partial charge in [-0.3, -0.25) is 5.10 Å². The number of anilines is 1. The standard InChI is InChI=1S/C10H10N6S/c11-8-6-7(5-1-2-5)15-16(9(6)14-13-8)10-12-3-4-17-10/h3-5H,1-2H2,(H3,11,13,14). The van der Waals surface area contributed by atoms with Crippen LogP contribution in [-0.4, -0.2) is 25.0 Å². The second-order valence-corrected chi connectivity index (χ2v) is 5.09. The summed E-state index contributed by atoms with van der Waals surface area (Å²) in [5.41, 5.74) is 7.75. The second-order valence-electron chi connectivity index (χ2n) is 4.22. The molecule has 3 aromatic heterocycles. The molecule has 1 aliphatic carbocycles. The Morgan fingerprint density at radius 3 is 3.06 bits per heavy atom. The molecule has 0 aliphatic heterocycles. The Morgan fingerprint density at radius 2 is 2.35 bits per heavy atom. The zero-order chi connectivity index (χ0) is 11.4. The summed E-state index contributed by atoms with van der Waals surface area (Å²) in [6.45, 7) is 0. The molecule has 0 amide bonds. The van der Waals surface area contributed by atoms with E-state index in [-0.39, 0.29) is 0 Å². The van der Waals surface area contributed by atoms with Crippen molar-refractivity contribution in [3.8, 4) is 5.13 Å². The number of fused-ring (bicyclic) bond motifs is 1. The molecular weight excluding hydrogens is 236 g/mol. The Labute approximate surface area is 100 Å². The van der Waals surface area contributed by atoms with Gasteiger partial charge in [0.25, 0.3) is 0 Å². The van der Waals surface area contributed by atoms with Gasteiger partial charge in [-0.25, -0.2) is 4.98 Å². The van der Waals surface area contributed by atoms with Gasteiger partial charge in [-0.1, -0.05) is 0 Å². The Bertz CT molecular complexity index is 675. The van der Waals surface area contributed by atoms with E-state index in [1.54, 1.807) is 22.2 Å². The van der Waals surface area contributed by atoms with E-state index >= 15 is 0 Å². The molecule has 4 rings (SSSR count). The minimum absolute atomic E-state index is 0.540. The minimum atomic E-state index is 0.540. The molecule has 3 aromatic rings. The Kier molecular flexibility index (Phi) is 1.66. The molecule has 0 radical (unpaired) electrons. The van der Waals surface area contributed by atoms with Crippen LogP contribution in [0.4, 0.5) is 5.82 Å². The lowest BCUT2D eigenvalue weighted by molar-refractivity contribution is 0.833. The number of aromatic nitrogens is 5. The average Bonchev–Trinajstić information content (AvgIpc) is 2.79. The number of nitrogens with zero attached hydrogens (tertiary/aromatic N) is 4. The quantitative estimate of drug-likeness (QED) is 0.720. The van der Waals surface area contributed by atoms with Crippen LogP contribution in [0.3, 0.4) is 0 Å². The van der Waals surface area contributed by atoms with Gasteiger partial charge in [0.15, 0.2) is 5.65 Å². The summed E-state index contributed by atoms with van der Waals surface area (Å²) in [6.07, 6.45) is 4.14. The molecule has 0 bridgehead atoms. The van der Waals surface area contributed by atoms with Crippen molar-refractivity contribution in [1.29, 1.82) is 0 Å². The highest BCUT2D eigenvalue weighted by atomic mass is 32.1. The number of H-pyrrole nitrogens is 1. The lowest BCUT2D eigenvalue weighted by Gasteiger charge is -1.94.